The number of oxazole rings is 1. The highest BCUT2D eigenvalue weighted by molar-refractivity contribution is 5.73. The van der Waals surface area contributed by atoms with Crippen molar-refractivity contribution in [2.75, 3.05) is 0 Å². The van der Waals surface area contributed by atoms with Crippen LogP contribution in [0.25, 0.3) is 11.1 Å². The van der Waals surface area contributed by atoms with Crippen LogP contribution in [0.1, 0.15) is 5.56 Å². The zero-order valence-electron chi connectivity index (χ0n) is 7.65. The summed E-state index contributed by atoms with van der Waals surface area (Å²) in [6.45, 7) is 1.94. The maximum atomic E-state index is 11.3. The van der Waals surface area contributed by atoms with E-state index in [2.05, 4.69) is 0 Å². The summed E-state index contributed by atoms with van der Waals surface area (Å²) in [5.41, 5.74) is 2.22. The number of nitrogens with zero attached hydrogens (tertiary/aromatic N) is 2. The molecule has 0 radical (unpaired) electrons. The van der Waals surface area contributed by atoms with E-state index >= 15 is 0 Å². The van der Waals surface area contributed by atoms with Crippen LogP contribution in [-0.2, 0) is 6.54 Å². The van der Waals surface area contributed by atoms with E-state index < -0.39 is 5.76 Å². The van der Waals surface area contributed by atoms with Gasteiger partial charge in [0.1, 0.15) is 6.54 Å². The molecule has 0 amide bonds. The van der Waals surface area contributed by atoms with E-state index in [1.165, 1.54) is 4.57 Å². The molecule has 14 heavy (non-hydrogen) atoms. The van der Waals surface area contributed by atoms with Crippen LogP contribution in [-0.4, -0.2) is 4.57 Å². The van der Waals surface area contributed by atoms with E-state index in [1.54, 1.807) is 12.1 Å². The normalized spacial score (nSPS) is 10.3. The molecule has 0 bridgehead atoms. The monoisotopic (exact) mass is 188 g/mol. The summed E-state index contributed by atoms with van der Waals surface area (Å²) in [5.74, 6) is -0.479. The van der Waals surface area contributed by atoms with Crippen LogP contribution in [0, 0.1) is 18.3 Å². The predicted octanol–water partition coefficient (Wildman–Crippen LogP) is 1.43. The number of aromatic nitrogens is 1. The van der Waals surface area contributed by atoms with Gasteiger partial charge in [-0.25, -0.2) is 4.79 Å². The van der Waals surface area contributed by atoms with E-state index in [1.807, 2.05) is 19.1 Å². The molecule has 0 atom stereocenters. The highest BCUT2D eigenvalue weighted by atomic mass is 16.4. The fourth-order valence-corrected chi connectivity index (χ4v) is 1.39. The average molecular weight is 188 g/mol. The molecule has 0 aliphatic carbocycles. The van der Waals surface area contributed by atoms with Crippen molar-refractivity contribution in [2.45, 2.75) is 13.5 Å². The highest BCUT2D eigenvalue weighted by Crippen LogP contribution is 2.13. The van der Waals surface area contributed by atoms with Crippen molar-refractivity contribution in [1.82, 2.24) is 4.57 Å². The first-order valence-electron chi connectivity index (χ1n) is 4.19. The van der Waals surface area contributed by atoms with Gasteiger partial charge in [0, 0.05) is 0 Å². The van der Waals surface area contributed by atoms with Crippen molar-refractivity contribution < 1.29 is 4.42 Å². The van der Waals surface area contributed by atoms with Gasteiger partial charge in [-0.15, -0.1) is 0 Å². The smallest absolute Gasteiger partial charge is 0.408 e. The second-order valence-corrected chi connectivity index (χ2v) is 3.08. The lowest BCUT2D eigenvalue weighted by atomic mass is 10.2. The predicted molar refractivity (Wildman–Crippen MR) is 50.8 cm³/mol. The third-order valence-corrected chi connectivity index (χ3v) is 2.05. The molecule has 0 saturated carbocycles. The fraction of sp³-hybridized carbons (Fsp3) is 0.200. The number of benzene rings is 1. The van der Waals surface area contributed by atoms with Crippen LogP contribution in [0.5, 0.6) is 0 Å². The number of hydrogen-bond donors (Lipinski definition) is 0. The summed E-state index contributed by atoms with van der Waals surface area (Å²) in [6.07, 6.45) is 0. The van der Waals surface area contributed by atoms with Crippen molar-refractivity contribution in [1.29, 1.82) is 5.26 Å². The summed E-state index contributed by atoms with van der Waals surface area (Å²) in [7, 11) is 0. The molecule has 0 aliphatic heterocycles. The Morgan fingerprint density at radius 3 is 3.07 bits per heavy atom. The molecule has 1 aromatic carbocycles. The molecular weight excluding hydrogens is 180 g/mol. The van der Waals surface area contributed by atoms with Crippen LogP contribution >= 0.6 is 0 Å². The van der Waals surface area contributed by atoms with E-state index in [9.17, 15) is 4.79 Å². The number of hydrogen-bond acceptors (Lipinski definition) is 3. The molecule has 2 aromatic rings. The second kappa shape index (κ2) is 3.04. The summed E-state index contributed by atoms with van der Waals surface area (Å²) in [6, 6.07) is 7.37. The number of aryl methyl sites for hydroxylation is 1. The molecule has 0 spiro atoms. The van der Waals surface area contributed by atoms with Crippen molar-refractivity contribution in [3.05, 3.63) is 34.3 Å². The topological polar surface area (TPSA) is 58.9 Å². The first-order valence-corrected chi connectivity index (χ1v) is 4.19. The quantitative estimate of drug-likeness (QED) is 0.680. The number of rotatable bonds is 1. The van der Waals surface area contributed by atoms with Crippen LogP contribution in [0.3, 0.4) is 0 Å². The Morgan fingerprint density at radius 1 is 1.57 bits per heavy atom. The lowest BCUT2D eigenvalue weighted by Gasteiger charge is -1.94. The number of fused-ring (bicyclic) bond motifs is 1. The van der Waals surface area contributed by atoms with Gasteiger partial charge < -0.3 is 4.42 Å². The zero-order chi connectivity index (χ0) is 10.1. The Labute approximate surface area is 80.0 Å². The standard InChI is InChI=1S/C10H8N2O2/c1-7-2-3-8-9(6-7)14-10(13)12(8)5-4-11/h2-3,6H,5H2,1H3. The average Bonchev–Trinajstić information content (AvgIpc) is 2.43. The minimum atomic E-state index is -0.479. The Hall–Kier alpha value is -2.02. The molecule has 0 N–H and O–H groups in total. The summed E-state index contributed by atoms with van der Waals surface area (Å²) < 4.78 is 6.30. The molecule has 2 rings (SSSR count). The SMILES string of the molecule is Cc1ccc2c(c1)oc(=O)n2CC#N. The van der Waals surface area contributed by atoms with E-state index in [4.69, 9.17) is 9.68 Å². The maximum Gasteiger partial charge on any atom is 0.420 e. The van der Waals surface area contributed by atoms with Gasteiger partial charge in [0.2, 0.25) is 0 Å². The van der Waals surface area contributed by atoms with Crippen molar-refractivity contribution in [3.8, 4) is 6.07 Å². The van der Waals surface area contributed by atoms with Crippen LogP contribution < -0.4 is 5.76 Å². The lowest BCUT2D eigenvalue weighted by Crippen LogP contribution is -2.12. The third kappa shape index (κ3) is 1.19. The largest absolute Gasteiger partial charge is 0.420 e. The highest BCUT2D eigenvalue weighted by Gasteiger charge is 2.07. The Morgan fingerprint density at radius 2 is 2.36 bits per heavy atom. The first kappa shape index (κ1) is 8.57. The van der Waals surface area contributed by atoms with Crippen LogP contribution in [0.2, 0.25) is 0 Å². The van der Waals surface area contributed by atoms with Gasteiger partial charge in [-0.1, -0.05) is 6.07 Å². The van der Waals surface area contributed by atoms with Gasteiger partial charge in [-0.2, -0.15) is 5.26 Å². The molecule has 0 aliphatic rings. The molecular formula is C10H8N2O2. The van der Waals surface area contributed by atoms with Gasteiger partial charge >= 0.3 is 5.76 Å². The van der Waals surface area contributed by atoms with Gasteiger partial charge in [0.15, 0.2) is 5.58 Å². The number of nitriles is 1. The minimum Gasteiger partial charge on any atom is -0.408 e. The van der Waals surface area contributed by atoms with Crippen LogP contribution in [0.4, 0.5) is 0 Å². The molecule has 0 fully saturated rings. The summed E-state index contributed by atoms with van der Waals surface area (Å²) in [5, 5.41) is 8.53. The molecule has 4 heteroatoms. The first-order chi connectivity index (χ1) is 6.72. The van der Waals surface area contributed by atoms with E-state index in [-0.39, 0.29) is 6.54 Å². The maximum absolute atomic E-state index is 11.3. The Balaban J connectivity index is 2.79. The van der Waals surface area contributed by atoms with Crippen molar-refractivity contribution in [3.63, 3.8) is 0 Å². The molecule has 70 valence electrons. The molecule has 0 unspecified atom stereocenters. The van der Waals surface area contributed by atoms with Gasteiger partial charge in [-0.05, 0) is 24.6 Å². The van der Waals surface area contributed by atoms with Crippen molar-refractivity contribution in [2.24, 2.45) is 0 Å². The van der Waals surface area contributed by atoms with Crippen molar-refractivity contribution >= 4 is 11.1 Å². The van der Waals surface area contributed by atoms with Gasteiger partial charge in [0.05, 0.1) is 11.6 Å². The second-order valence-electron chi connectivity index (χ2n) is 3.08. The summed E-state index contributed by atoms with van der Waals surface area (Å²) >= 11 is 0. The fourth-order valence-electron chi connectivity index (χ4n) is 1.39. The summed E-state index contributed by atoms with van der Waals surface area (Å²) in [4.78, 5) is 11.3. The molecule has 0 saturated heterocycles. The van der Waals surface area contributed by atoms with E-state index in [0.717, 1.165) is 5.56 Å². The minimum absolute atomic E-state index is 0.0227. The Bertz CT molecular complexity index is 572. The lowest BCUT2D eigenvalue weighted by molar-refractivity contribution is 0.521. The van der Waals surface area contributed by atoms with Gasteiger partial charge in [0.25, 0.3) is 0 Å². The zero-order valence-corrected chi connectivity index (χ0v) is 7.65. The third-order valence-electron chi connectivity index (χ3n) is 2.05. The van der Waals surface area contributed by atoms with Crippen LogP contribution in [0.15, 0.2) is 27.4 Å². The molecule has 1 aromatic heterocycles. The molecule has 4 nitrogen and oxygen atoms in total. The molecule has 1 heterocycles. The Kier molecular flexibility index (Phi) is 1.86. The van der Waals surface area contributed by atoms with Gasteiger partial charge in [-0.3, -0.25) is 4.57 Å². The van der Waals surface area contributed by atoms with E-state index in [0.29, 0.717) is 11.1 Å².